The predicted molar refractivity (Wildman–Crippen MR) is 35.1 cm³/mol. The van der Waals surface area contributed by atoms with E-state index < -0.39 is 0 Å². The van der Waals surface area contributed by atoms with Gasteiger partial charge in [0, 0.05) is 5.56 Å². The van der Waals surface area contributed by atoms with Gasteiger partial charge >= 0.3 is 0 Å². The summed E-state index contributed by atoms with van der Waals surface area (Å²) < 4.78 is 0.597. The Labute approximate surface area is 52.8 Å². The van der Waals surface area contributed by atoms with Crippen LogP contribution in [-0.4, -0.2) is 14.1 Å². The Balaban J connectivity index is 3.09. The SMILES string of the molecule is [B]c1sccc1C=O. The summed E-state index contributed by atoms with van der Waals surface area (Å²) in [6.45, 7) is 0. The van der Waals surface area contributed by atoms with Crippen LogP contribution in [0.5, 0.6) is 0 Å². The van der Waals surface area contributed by atoms with E-state index in [1.807, 2.05) is 0 Å². The third-order valence-electron chi connectivity index (χ3n) is 0.854. The summed E-state index contributed by atoms with van der Waals surface area (Å²) in [5.41, 5.74) is 0.593. The molecule has 8 heavy (non-hydrogen) atoms. The average molecular weight is 122 g/mol. The zero-order valence-corrected chi connectivity index (χ0v) is 4.94. The Morgan fingerprint density at radius 2 is 2.50 bits per heavy atom. The van der Waals surface area contributed by atoms with Crippen molar-refractivity contribution in [2.45, 2.75) is 0 Å². The fraction of sp³-hybridized carbons (Fsp3) is 0. The summed E-state index contributed by atoms with van der Waals surface area (Å²) in [7, 11) is 5.34. The fourth-order valence-electron chi connectivity index (χ4n) is 0.428. The first kappa shape index (κ1) is 5.57. The van der Waals surface area contributed by atoms with Gasteiger partial charge in [-0.15, -0.1) is 0 Å². The van der Waals surface area contributed by atoms with Crippen molar-refractivity contribution in [1.29, 1.82) is 0 Å². The van der Waals surface area contributed by atoms with Gasteiger partial charge in [0.25, 0.3) is 0 Å². The number of hydrogen-bond acceptors (Lipinski definition) is 2. The van der Waals surface area contributed by atoms with Crippen LogP contribution in [-0.2, 0) is 0 Å². The highest BCUT2D eigenvalue weighted by molar-refractivity contribution is 7.18. The number of carbonyl (C=O) groups is 1. The van der Waals surface area contributed by atoms with Gasteiger partial charge in [-0.3, -0.25) is 4.79 Å². The quantitative estimate of drug-likeness (QED) is 0.388. The molecule has 1 heterocycles. The van der Waals surface area contributed by atoms with Crippen LogP contribution in [0.3, 0.4) is 0 Å². The Bertz CT molecular complexity index is 194. The molecule has 3 heteroatoms. The molecule has 38 valence electrons. The maximum absolute atomic E-state index is 10.0. The van der Waals surface area contributed by atoms with Crippen LogP contribution < -0.4 is 4.78 Å². The number of carbonyl (C=O) groups excluding carboxylic acids is 1. The monoisotopic (exact) mass is 122 g/mol. The molecule has 0 bridgehead atoms. The van der Waals surface area contributed by atoms with Gasteiger partial charge < -0.3 is 0 Å². The lowest BCUT2D eigenvalue weighted by atomic mass is 10.0. The Kier molecular flexibility index (Phi) is 1.49. The molecule has 1 aromatic heterocycles. The number of thiophene rings is 1. The Morgan fingerprint density at radius 3 is 2.75 bits per heavy atom. The van der Waals surface area contributed by atoms with Gasteiger partial charge in [0.05, 0.1) is 0 Å². The normalized spacial score (nSPS) is 9.00. The van der Waals surface area contributed by atoms with Gasteiger partial charge in [-0.1, -0.05) is 0 Å². The van der Waals surface area contributed by atoms with Crippen LogP contribution >= 0.6 is 11.3 Å². The molecular formula is C5H3BOS. The van der Waals surface area contributed by atoms with Gasteiger partial charge in [0.1, 0.15) is 14.1 Å². The Hall–Kier alpha value is -0.565. The summed E-state index contributed by atoms with van der Waals surface area (Å²) in [5, 5.41) is 1.79. The van der Waals surface area contributed by atoms with Gasteiger partial charge in [0.2, 0.25) is 0 Å². The summed E-state index contributed by atoms with van der Waals surface area (Å²) >= 11 is 1.38. The molecule has 0 amide bonds. The van der Waals surface area contributed by atoms with Crippen LogP contribution in [0.1, 0.15) is 10.4 Å². The van der Waals surface area contributed by atoms with Crippen LogP contribution in [0.4, 0.5) is 0 Å². The van der Waals surface area contributed by atoms with E-state index >= 15 is 0 Å². The van der Waals surface area contributed by atoms with E-state index in [0.29, 0.717) is 10.3 Å². The van der Waals surface area contributed by atoms with Crippen molar-refractivity contribution in [2.24, 2.45) is 0 Å². The van der Waals surface area contributed by atoms with Crippen molar-refractivity contribution in [1.82, 2.24) is 0 Å². The third kappa shape index (κ3) is 0.818. The average Bonchev–Trinajstić information content (AvgIpc) is 2.14. The highest BCUT2D eigenvalue weighted by atomic mass is 32.1. The second-order valence-corrected chi connectivity index (χ2v) is 2.31. The molecule has 0 saturated heterocycles. The van der Waals surface area contributed by atoms with E-state index in [1.54, 1.807) is 11.4 Å². The highest BCUT2D eigenvalue weighted by Crippen LogP contribution is 1.96. The molecule has 0 atom stereocenters. The van der Waals surface area contributed by atoms with E-state index in [1.165, 1.54) is 11.3 Å². The van der Waals surface area contributed by atoms with Crippen LogP contribution in [0.15, 0.2) is 11.4 Å². The molecule has 0 fully saturated rings. The first-order valence-corrected chi connectivity index (χ1v) is 3.00. The smallest absolute Gasteiger partial charge is 0.150 e. The summed E-state index contributed by atoms with van der Waals surface area (Å²) in [4.78, 5) is 10.0. The van der Waals surface area contributed by atoms with Gasteiger partial charge in [-0.05, 0) is 16.2 Å². The molecule has 2 radical (unpaired) electrons. The lowest BCUT2D eigenvalue weighted by Crippen LogP contribution is -2.00. The van der Waals surface area contributed by atoms with E-state index in [-0.39, 0.29) is 0 Å². The van der Waals surface area contributed by atoms with Gasteiger partial charge in [-0.2, -0.15) is 11.3 Å². The lowest BCUT2D eigenvalue weighted by molar-refractivity contribution is 0.112. The molecule has 0 saturated carbocycles. The fourth-order valence-corrected chi connectivity index (χ4v) is 1.04. The zero-order valence-electron chi connectivity index (χ0n) is 4.13. The van der Waals surface area contributed by atoms with Gasteiger partial charge in [-0.25, -0.2) is 0 Å². The van der Waals surface area contributed by atoms with Crippen molar-refractivity contribution >= 4 is 30.2 Å². The first-order chi connectivity index (χ1) is 3.84. The molecule has 0 unspecified atom stereocenters. The molecule has 1 nitrogen and oxygen atoms in total. The standard InChI is InChI=1S/C5H3BOS/c6-5-4(3-7)1-2-8-5/h1-3H. The topological polar surface area (TPSA) is 17.1 Å². The molecule has 0 N–H and O–H groups in total. The molecule has 0 aromatic carbocycles. The molecule has 0 aliphatic carbocycles. The number of rotatable bonds is 1. The summed E-state index contributed by atoms with van der Waals surface area (Å²) in [5.74, 6) is 0. The summed E-state index contributed by atoms with van der Waals surface area (Å²) in [6.07, 6.45) is 0.756. The van der Waals surface area contributed by atoms with Gasteiger partial charge in [0.15, 0.2) is 0 Å². The van der Waals surface area contributed by atoms with E-state index in [4.69, 9.17) is 7.85 Å². The molecule has 0 aliphatic heterocycles. The molecule has 1 rings (SSSR count). The minimum atomic E-state index is 0.593. The molecule has 1 aromatic rings. The first-order valence-electron chi connectivity index (χ1n) is 2.12. The van der Waals surface area contributed by atoms with Crippen molar-refractivity contribution in [3.8, 4) is 0 Å². The largest absolute Gasteiger partial charge is 0.298 e. The molecule has 0 spiro atoms. The molecular weight excluding hydrogens is 119 g/mol. The highest BCUT2D eigenvalue weighted by Gasteiger charge is 1.92. The van der Waals surface area contributed by atoms with Crippen LogP contribution in [0, 0.1) is 0 Å². The minimum absolute atomic E-state index is 0.593. The third-order valence-corrected chi connectivity index (χ3v) is 1.62. The second-order valence-electron chi connectivity index (χ2n) is 1.36. The summed E-state index contributed by atoms with van der Waals surface area (Å²) in [6, 6.07) is 1.70. The maximum atomic E-state index is 10.0. The Morgan fingerprint density at radius 1 is 1.75 bits per heavy atom. The maximum Gasteiger partial charge on any atom is 0.150 e. The zero-order chi connectivity index (χ0) is 5.98. The van der Waals surface area contributed by atoms with Crippen molar-refractivity contribution in [2.75, 3.05) is 0 Å². The van der Waals surface area contributed by atoms with E-state index in [2.05, 4.69) is 0 Å². The number of hydrogen-bond donors (Lipinski definition) is 0. The van der Waals surface area contributed by atoms with Crippen LogP contribution in [0.25, 0.3) is 0 Å². The number of aldehydes is 1. The van der Waals surface area contributed by atoms with Crippen molar-refractivity contribution in [3.63, 3.8) is 0 Å². The predicted octanol–water partition coefficient (Wildman–Crippen LogP) is 0.354. The van der Waals surface area contributed by atoms with Crippen molar-refractivity contribution < 1.29 is 4.79 Å². The minimum Gasteiger partial charge on any atom is -0.298 e. The molecule has 0 aliphatic rings. The van der Waals surface area contributed by atoms with Crippen molar-refractivity contribution in [3.05, 3.63) is 17.0 Å². The van der Waals surface area contributed by atoms with E-state index in [0.717, 1.165) is 6.29 Å². The van der Waals surface area contributed by atoms with E-state index in [9.17, 15) is 4.79 Å². The van der Waals surface area contributed by atoms with Crippen LogP contribution in [0.2, 0.25) is 0 Å². The second kappa shape index (κ2) is 2.14. The lowest BCUT2D eigenvalue weighted by Gasteiger charge is -1.79.